The Kier molecular flexibility index (Phi) is 4.98. The Morgan fingerprint density at radius 3 is 2.88 bits per heavy atom. The summed E-state index contributed by atoms with van der Waals surface area (Å²) in [5, 5.41) is 10.5. The van der Waals surface area contributed by atoms with Gasteiger partial charge < -0.3 is 10.4 Å². The summed E-state index contributed by atoms with van der Waals surface area (Å²) in [7, 11) is 0. The summed E-state index contributed by atoms with van der Waals surface area (Å²) in [5.41, 5.74) is 0.738. The lowest BCUT2D eigenvalue weighted by atomic mass is 10.2. The van der Waals surface area contributed by atoms with E-state index >= 15 is 0 Å². The molecule has 5 heteroatoms. The van der Waals surface area contributed by atoms with E-state index in [2.05, 4.69) is 21.2 Å². The molecule has 1 aromatic rings. The Hall–Kier alpha value is -1.36. The second kappa shape index (κ2) is 6.27. The molecule has 1 aromatic carbocycles. The van der Waals surface area contributed by atoms with E-state index in [1.807, 2.05) is 0 Å². The number of halogens is 2. The summed E-state index contributed by atoms with van der Waals surface area (Å²) in [5.74, 6) is -0.308. The van der Waals surface area contributed by atoms with Crippen LogP contribution in [0.1, 0.15) is 12.0 Å². The number of rotatable bonds is 4. The maximum absolute atomic E-state index is 13.0. The topological polar surface area (TPSA) is 49.3 Å². The Labute approximate surface area is 101 Å². The lowest BCUT2D eigenvalue weighted by Crippen LogP contribution is -2.21. The van der Waals surface area contributed by atoms with Gasteiger partial charge in [-0.1, -0.05) is 28.1 Å². The third-order valence-electron chi connectivity index (χ3n) is 1.78. The minimum absolute atomic E-state index is 0.308. The maximum atomic E-state index is 13.0. The number of amides is 1. The zero-order chi connectivity index (χ0) is 12.0. The molecule has 0 unspecified atom stereocenters. The molecule has 0 aliphatic carbocycles. The van der Waals surface area contributed by atoms with Crippen molar-refractivity contribution in [1.29, 1.82) is 0 Å². The van der Waals surface area contributed by atoms with Gasteiger partial charge in [0, 0.05) is 11.0 Å². The maximum Gasteiger partial charge on any atom is 0.404 e. The molecule has 2 N–H and O–H groups in total. The van der Waals surface area contributed by atoms with Crippen molar-refractivity contribution in [3.8, 4) is 0 Å². The molecule has 0 heterocycles. The van der Waals surface area contributed by atoms with E-state index in [4.69, 9.17) is 5.11 Å². The number of hydrogen-bond acceptors (Lipinski definition) is 1. The summed E-state index contributed by atoms with van der Waals surface area (Å²) in [6.45, 7) is 0.350. The van der Waals surface area contributed by atoms with Crippen LogP contribution in [0.2, 0.25) is 0 Å². The summed E-state index contributed by atoms with van der Waals surface area (Å²) in [6.07, 6.45) is 3.07. The highest BCUT2D eigenvalue weighted by atomic mass is 79.9. The lowest BCUT2D eigenvalue weighted by molar-refractivity contribution is 0.194. The molecule has 0 spiro atoms. The highest BCUT2D eigenvalue weighted by Crippen LogP contribution is 2.15. The monoisotopic (exact) mass is 287 g/mol. The Balaban J connectivity index is 2.46. The quantitative estimate of drug-likeness (QED) is 0.835. The first-order chi connectivity index (χ1) is 7.58. The average Bonchev–Trinajstić information content (AvgIpc) is 2.15. The highest BCUT2D eigenvalue weighted by Gasteiger charge is 1.95. The van der Waals surface area contributed by atoms with Crippen LogP contribution in [0.15, 0.2) is 28.7 Å². The molecule has 0 atom stereocenters. The summed E-state index contributed by atoms with van der Waals surface area (Å²) in [4.78, 5) is 10.1. The molecule has 86 valence electrons. The largest absolute Gasteiger partial charge is 0.465 e. The molecule has 1 rings (SSSR count). The van der Waals surface area contributed by atoms with Gasteiger partial charge in [0.05, 0.1) is 0 Å². The van der Waals surface area contributed by atoms with Crippen LogP contribution >= 0.6 is 15.9 Å². The van der Waals surface area contributed by atoms with Gasteiger partial charge in [0.1, 0.15) is 5.82 Å². The molecule has 16 heavy (non-hydrogen) atoms. The van der Waals surface area contributed by atoms with E-state index < -0.39 is 6.09 Å². The van der Waals surface area contributed by atoms with Crippen LogP contribution in [-0.4, -0.2) is 17.7 Å². The first kappa shape index (κ1) is 12.7. The van der Waals surface area contributed by atoms with E-state index in [1.165, 1.54) is 12.1 Å². The molecule has 0 aliphatic heterocycles. The molecule has 3 nitrogen and oxygen atoms in total. The standard InChI is InChI=1S/C11H11BrFNO2/c12-9-5-8(6-10(13)7-9)3-1-2-4-14-11(15)16/h1,3,5-7,14H,2,4H2,(H,15,16). The molecule has 0 saturated carbocycles. The fourth-order valence-corrected chi connectivity index (χ4v) is 1.64. The summed E-state index contributed by atoms with van der Waals surface area (Å²) < 4.78 is 13.6. The van der Waals surface area contributed by atoms with Gasteiger partial charge in [-0.3, -0.25) is 0 Å². The van der Waals surface area contributed by atoms with Crippen LogP contribution in [0, 0.1) is 5.82 Å². The van der Waals surface area contributed by atoms with Crippen LogP contribution < -0.4 is 5.32 Å². The first-order valence-electron chi connectivity index (χ1n) is 4.67. The summed E-state index contributed by atoms with van der Waals surface area (Å²) >= 11 is 3.19. The lowest BCUT2D eigenvalue weighted by Gasteiger charge is -1.97. The fraction of sp³-hybridized carbons (Fsp3) is 0.182. The van der Waals surface area contributed by atoms with Crippen molar-refractivity contribution < 1.29 is 14.3 Å². The molecule has 0 saturated heterocycles. The van der Waals surface area contributed by atoms with Gasteiger partial charge in [0.2, 0.25) is 0 Å². The van der Waals surface area contributed by atoms with Gasteiger partial charge in [0.15, 0.2) is 0 Å². The molecule has 1 amide bonds. The van der Waals surface area contributed by atoms with Crippen molar-refractivity contribution >= 4 is 28.1 Å². The second-order valence-electron chi connectivity index (χ2n) is 3.13. The molecule has 0 fully saturated rings. The van der Waals surface area contributed by atoms with Crippen LogP contribution in [0.25, 0.3) is 6.08 Å². The van der Waals surface area contributed by atoms with Crippen LogP contribution in [0.5, 0.6) is 0 Å². The van der Waals surface area contributed by atoms with E-state index in [9.17, 15) is 9.18 Å². The van der Waals surface area contributed by atoms with Crippen molar-refractivity contribution in [2.45, 2.75) is 6.42 Å². The van der Waals surface area contributed by atoms with Crippen LogP contribution in [0.4, 0.5) is 9.18 Å². The van der Waals surface area contributed by atoms with E-state index in [0.717, 1.165) is 5.56 Å². The predicted molar refractivity (Wildman–Crippen MR) is 63.8 cm³/mol. The number of carboxylic acid groups (broad SMARTS) is 1. The zero-order valence-corrected chi connectivity index (χ0v) is 10.00. The van der Waals surface area contributed by atoms with Crippen molar-refractivity contribution in [3.05, 3.63) is 40.1 Å². The fourth-order valence-electron chi connectivity index (χ4n) is 1.15. The molecule has 0 aromatic heterocycles. The Morgan fingerprint density at radius 2 is 2.25 bits per heavy atom. The number of carbonyl (C=O) groups is 1. The minimum atomic E-state index is -1.04. The Bertz CT molecular complexity index is 387. The third kappa shape index (κ3) is 4.93. The van der Waals surface area contributed by atoms with Crippen molar-refractivity contribution in [2.24, 2.45) is 0 Å². The molecule has 0 aliphatic rings. The smallest absolute Gasteiger partial charge is 0.404 e. The number of benzene rings is 1. The first-order valence-corrected chi connectivity index (χ1v) is 5.46. The zero-order valence-electron chi connectivity index (χ0n) is 8.41. The molecular weight excluding hydrogens is 277 g/mol. The van der Waals surface area contributed by atoms with Crippen LogP contribution in [0.3, 0.4) is 0 Å². The van der Waals surface area contributed by atoms with E-state index in [-0.39, 0.29) is 5.82 Å². The number of hydrogen-bond donors (Lipinski definition) is 2. The third-order valence-corrected chi connectivity index (χ3v) is 2.24. The van der Waals surface area contributed by atoms with Gasteiger partial charge in [-0.05, 0) is 30.2 Å². The van der Waals surface area contributed by atoms with Crippen molar-refractivity contribution in [1.82, 2.24) is 5.32 Å². The number of nitrogens with one attached hydrogen (secondary N) is 1. The van der Waals surface area contributed by atoms with E-state index in [0.29, 0.717) is 17.4 Å². The summed E-state index contributed by atoms with van der Waals surface area (Å²) in [6, 6.07) is 4.57. The van der Waals surface area contributed by atoms with Gasteiger partial charge in [0.25, 0.3) is 0 Å². The van der Waals surface area contributed by atoms with Gasteiger partial charge in [-0.15, -0.1) is 0 Å². The van der Waals surface area contributed by atoms with Crippen molar-refractivity contribution in [3.63, 3.8) is 0 Å². The molecular formula is C11H11BrFNO2. The average molecular weight is 288 g/mol. The van der Waals surface area contributed by atoms with Gasteiger partial charge in [-0.25, -0.2) is 9.18 Å². The predicted octanol–water partition coefficient (Wildman–Crippen LogP) is 3.26. The Morgan fingerprint density at radius 1 is 1.50 bits per heavy atom. The van der Waals surface area contributed by atoms with E-state index in [1.54, 1.807) is 18.2 Å². The molecule has 0 bridgehead atoms. The van der Waals surface area contributed by atoms with Crippen molar-refractivity contribution in [2.75, 3.05) is 6.54 Å². The minimum Gasteiger partial charge on any atom is -0.465 e. The SMILES string of the molecule is O=C(O)NCCC=Cc1cc(F)cc(Br)c1. The second-order valence-corrected chi connectivity index (χ2v) is 4.04. The normalized spacial score (nSPS) is 10.6. The molecule has 0 radical (unpaired) electrons. The highest BCUT2D eigenvalue weighted by molar-refractivity contribution is 9.10. The van der Waals surface area contributed by atoms with Gasteiger partial charge >= 0.3 is 6.09 Å². The van der Waals surface area contributed by atoms with Gasteiger partial charge in [-0.2, -0.15) is 0 Å². The van der Waals surface area contributed by atoms with Crippen LogP contribution in [-0.2, 0) is 0 Å².